The lowest BCUT2D eigenvalue weighted by molar-refractivity contribution is 0.0872. The van der Waals surface area contributed by atoms with Crippen LogP contribution in [0.15, 0.2) is 72.4 Å². The third kappa shape index (κ3) is 5.11. The fourth-order valence-electron chi connectivity index (χ4n) is 5.31. The topological polar surface area (TPSA) is 62.4 Å². The van der Waals surface area contributed by atoms with E-state index in [4.69, 9.17) is 22.3 Å². The fraction of sp³-hybridized carbons (Fsp3) is 0.345. The van der Waals surface area contributed by atoms with Gasteiger partial charge in [-0.05, 0) is 72.6 Å². The zero-order valence-corrected chi connectivity index (χ0v) is 20.2. The van der Waals surface area contributed by atoms with E-state index in [1.165, 1.54) is 27.8 Å². The summed E-state index contributed by atoms with van der Waals surface area (Å²) in [5.74, 6) is 0. The normalized spacial score (nSPS) is 18.1. The van der Waals surface area contributed by atoms with Gasteiger partial charge in [0.2, 0.25) is 0 Å². The molecular weight excluding hydrogens is 442 g/mol. The molecule has 2 unspecified atom stereocenters. The second kappa shape index (κ2) is 10.4. The highest BCUT2D eigenvalue weighted by atomic mass is 35.5. The van der Waals surface area contributed by atoms with Crippen LogP contribution in [0.5, 0.6) is 0 Å². The second-order valence-corrected chi connectivity index (χ2v) is 9.95. The van der Waals surface area contributed by atoms with Crippen molar-refractivity contribution in [1.82, 2.24) is 9.88 Å². The molecule has 1 saturated heterocycles. The second-order valence-electron chi connectivity index (χ2n) is 9.51. The summed E-state index contributed by atoms with van der Waals surface area (Å²) in [6.45, 7) is 2.44. The number of piperidine rings is 1. The minimum atomic E-state index is -0.544. The summed E-state index contributed by atoms with van der Waals surface area (Å²) < 4.78 is 0. The standard InChI is InChI=1S/C29H32ClN3O/c30-24-10-11-25-23(18-24)9-8-22-7-4-14-32-29(22)28(25)21-12-15-33(16-13-21)19-27(34)26(31)17-20-5-2-1-3-6-20/h1-7,10-11,14,18,26-27,34H,8-9,12-13,15-17,19,31H2. The van der Waals surface area contributed by atoms with E-state index in [0.29, 0.717) is 13.0 Å². The Morgan fingerprint density at radius 1 is 0.941 bits per heavy atom. The Morgan fingerprint density at radius 2 is 1.71 bits per heavy atom. The van der Waals surface area contributed by atoms with Gasteiger partial charge in [-0.2, -0.15) is 0 Å². The monoisotopic (exact) mass is 473 g/mol. The molecule has 1 aliphatic heterocycles. The lowest BCUT2D eigenvalue weighted by atomic mass is 9.88. The molecule has 3 N–H and O–H groups in total. The zero-order valence-electron chi connectivity index (χ0n) is 19.5. The fourth-order valence-corrected chi connectivity index (χ4v) is 5.51. The molecule has 5 rings (SSSR count). The smallest absolute Gasteiger partial charge is 0.0820 e. The molecule has 1 aromatic heterocycles. The molecule has 0 amide bonds. The summed E-state index contributed by atoms with van der Waals surface area (Å²) in [7, 11) is 0. The first-order valence-corrected chi connectivity index (χ1v) is 12.6. The van der Waals surface area contributed by atoms with Crippen LogP contribution in [0.4, 0.5) is 0 Å². The molecule has 4 nitrogen and oxygen atoms in total. The first kappa shape index (κ1) is 23.3. The first-order valence-electron chi connectivity index (χ1n) is 12.2. The number of rotatable bonds is 5. The van der Waals surface area contributed by atoms with Crippen molar-refractivity contribution in [2.75, 3.05) is 19.6 Å². The Bertz CT molecular complexity index is 1170. The highest BCUT2D eigenvalue weighted by molar-refractivity contribution is 6.30. The maximum absolute atomic E-state index is 10.8. The maximum Gasteiger partial charge on any atom is 0.0820 e. The first-order chi connectivity index (χ1) is 16.6. The van der Waals surface area contributed by atoms with E-state index in [9.17, 15) is 5.11 Å². The van der Waals surface area contributed by atoms with Crippen LogP contribution in [0.2, 0.25) is 5.02 Å². The zero-order chi connectivity index (χ0) is 23.5. The van der Waals surface area contributed by atoms with E-state index < -0.39 is 6.10 Å². The summed E-state index contributed by atoms with van der Waals surface area (Å²) in [5.41, 5.74) is 15.3. The predicted molar refractivity (Wildman–Crippen MR) is 139 cm³/mol. The Morgan fingerprint density at radius 3 is 2.50 bits per heavy atom. The SMILES string of the molecule is NC(Cc1ccccc1)C(O)CN1CCC(=C2c3ccc(Cl)cc3CCc3cccnc32)CC1. The van der Waals surface area contributed by atoms with Crippen LogP contribution >= 0.6 is 11.6 Å². The van der Waals surface area contributed by atoms with Crippen molar-refractivity contribution >= 4 is 17.2 Å². The molecule has 34 heavy (non-hydrogen) atoms. The molecule has 1 aliphatic carbocycles. The number of hydrogen-bond acceptors (Lipinski definition) is 4. The lowest BCUT2D eigenvalue weighted by Crippen LogP contribution is -2.46. The molecule has 2 aliphatic rings. The van der Waals surface area contributed by atoms with Crippen LogP contribution in [-0.2, 0) is 19.3 Å². The van der Waals surface area contributed by atoms with E-state index in [-0.39, 0.29) is 6.04 Å². The van der Waals surface area contributed by atoms with Crippen molar-refractivity contribution in [2.45, 2.75) is 44.2 Å². The molecule has 2 heterocycles. The third-order valence-corrected chi connectivity index (χ3v) is 7.43. The summed E-state index contributed by atoms with van der Waals surface area (Å²) in [5, 5.41) is 11.6. The van der Waals surface area contributed by atoms with Crippen molar-refractivity contribution in [3.8, 4) is 0 Å². The van der Waals surface area contributed by atoms with Gasteiger partial charge < -0.3 is 15.7 Å². The van der Waals surface area contributed by atoms with Crippen molar-refractivity contribution < 1.29 is 5.11 Å². The average Bonchev–Trinajstić information content (AvgIpc) is 3.02. The van der Waals surface area contributed by atoms with Gasteiger partial charge in [-0.1, -0.05) is 59.6 Å². The van der Waals surface area contributed by atoms with Gasteiger partial charge in [0.1, 0.15) is 0 Å². The highest BCUT2D eigenvalue weighted by Crippen LogP contribution is 2.38. The highest BCUT2D eigenvalue weighted by Gasteiger charge is 2.26. The Hall–Kier alpha value is -2.50. The van der Waals surface area contributed by atoms with E-state index in [0.717, 1.165) is 55.1 Å². The molecule has 1 fully saturated rings. The number of aryl methyl sites for hydroxylation is 2. The molecule has 5 heteroatoms. The number of hydrogen-bond donors (Lipinski definition) is 2. The summed E-state index contributed by atoms with van der Waals surface area (Å²) >= 11 is 6.35. The van der Waals surface area contributed by atoms with Gasteiger partial charge in [0.05, 0.1) is 11.8 Å². The molecule has 0 bridgehead atoms. The van der Waals surface area contributed by atoms with Gasteiger partial charge in [-0.3, -0.25) is 4.98 Å². The van der Waals surface area contributed by atoms with Gasteiger partial charge in [-0.25, -0.2) is 0 Å². The van der Waals surface area contributed by atoms with Gasteiger partial charge in [-0.15, -0.1) is 0 Å². The number of nitrogens with zero attached hydrogens (tertiary/aromatic N) is 2. The minimum absolute atomic E-state index is 0.267. The van der Waals surface area contributed by atoms with Crippen LogP contribution in [0, 0.1) is 0 Å². The van der Waals surface area contributed by atoms with Gasteiger partial charge in [0, 0.05) is 42.5 Å². The van der Waals surface area contributed by atoms with Crippen LogP contribution in [0.25, 0.3) is 5.57 Å². The molecule has 2 aromatic carbocycles. The Balaban J connectivity index is 1.33. The molecule has 0 saturated carbocycles. The van der Waals surface area contributed by atoms with Crippen LogP contribution in [-0.4, -0.2) is 46.8 Å². The van der Waals surface area contributed by atoms with E-state index in [1.54, 1.807) is 0 Å². The Labute approximate surface area is 207 Å². The molecule has 0 radical (unpaired) electrons. The number of aromatic nitrogens is 1. The number of β-amino-alcohol motifs (C(OH)–C–C–N with tert-alkyl or cyclic N) is 1. The van der Waals surface area contributed by atoms with E-state index in [2.05, 4.69) is 35.2 Å². The van der Waals surface area contributed by atoms with E-state index in [1.807, 2.05) is 36.5 Å². The molecule has 3 aromatic rings. The predicted octanol–water partition coefficient (Wildman–Crippen LogP) is 4.66. The van der Waals surface area contributed by atoms with Crippen molar-refractivity contribution in [1.29, 1.82) is 0 Å². The summed E-state index contributed by atoms with van der Waals surface area (Å²) in [6, 6.07) is 20.4. The number of halogens is 1. The lowest BCUT2D eigenvalue weighted by Gasteiger charge is -2.33. The number of likely N-dealkylation sites (tertiary alicyclic amines) is 1. The van der Waals surface area contributed by atoms with Crippen LogP contribution in [0.3, 0.4) is 0 Å². The van der Waals surface area contributed by atoms with Gasteiger partial charge in [0.25, 0.3) is 0 Å². The number of nitrogens with two attached hydrogens (primary N) is 1. The van der Waals surface area contributed by atoms with Gasteiger partial charge >= 0.3 is 0 Å². The maximum atomic E-state index is 10.8. The summed E-state index contributed by atoms with van der Waals surface area (Å²) in [6.07, 6.45) is 5.93. The van der Waals surface area contributed by atoms with Gasteiger partial charge in [0.15, 0.2) is 0 Å². The summed E-state index contributed by atoms with van der Waals surface area (Å²) in [4.78, 5) is 7.17. The van der Waals surface area contributed by atoms with E-state index >= 15 is 0 Å². The number of pyridine rings is 1. The van der Waals surface area contributed by atoms with Crippen molar-refractivity contribution in [3.05, 3.63) is 105 Å². The quantitative estimate of drug-likeness (QED) is 0.565. The largest absolute Gasteiger partial charge is 0.390 e. The number of benzene rings is 2. The number of aliphatic hydroxyl groups excluding tert-OH is 1. The third-order valence-electron chi connectivity index (χ3n) is 7.20. The molecular formula is C29H32ClN3O. The van der Waals surface area contributed by atoms with Crippen LogP contribution < -0.4 is 5.73 Å². The van der Waals surface area contributed by atoms with Crippen LogP contribution in [0.1, 0.15) is 40.8 Å². The number of aliphatic hydroxyl groups is 1. The molecule has 2 atom stereocenters. The van der Waals surface area contributed by atoms with Crippen molar-refractivity contribution in [2.24, 2.45) is 5.73 Å². The van der Waals surface area contributed by atoms with Crippen molar-refractivity contribution in [3.63, 3.8) is 0 Å². The number of fused-ring (bicyclic) bond motifs is 2. The Kier molecular flexibility index (Phi) is 7.12. The minimum Gasteiger partial charge on any atom is -0.390 e. The molecule has 176 valence electrons. The average molecular weight is 474 g/mol. The molecule has 0 spiro atoms.